The zero-order valence-corrected chi connectivity index (χ0v) is 19.1. The van der Waals surface area contributed by atoms with Gasteiger partial charge in [0, 0.05) is 18.4 Å². The molecule has 1 rings (SSSR count). The van der Waals surface area contributed by atoms with E-state index in [1.165, 1.54) is 0 Å². The molecule has 1 amide bonds. The molecule has 162 valence electrons. The van der Waals surface area contributed by atoms with E-state index in [9.17, 15) is 9.59 Å². The fourth-order valence-corrected chi connectivity index (χ4v) is 3.42. The van der Waals surface area contributed by atoms with E-state index in [2.05, 4.69) is 27.7 Å². The van der Waals surface area contributed by atoms with Gasteiger partial charge in [-0.1, -0.05) is 27.4 Å². The predicted octanol–water partition coefficient (Wildman–Crippen LogP) is 3.22. The van der Waals surface area contributed by atoms with Gasteiger partial charge in [-0.3, -0.25) is 9.59 Å². The van der Waals surface area contributed by atoms with Gasteiger partial charge >= 0.3 is 5.97 Å². The average molecular weight is 398 g/mol. The van der Waals surface area contributed by atoms with Crippen LogP contribution in [-0.2, 0) is 19.1 Å². The van der Waals surface area contributed by atoms with Crippen molar-refractivity contribution in [1.82, 2.24) is 4.90 Å². The highest BCUT2D eigenvalue weighted by Crippen LogP contribution is 2.41. The number of likely N-dealkylation sites (N-methyl/N-ethyl adjacent to an activating group) is 1. The minimum atomic E-state index is -0.592. The van der Waals surface area contributed by atoms with E-state index in [1.54, 1.807) is 0 Å². The molecule has 1 heterocycles. The molecular weight excluding hydrogens is 356 g/mol. The molecular formula is C22H41N2O4+. The highest BCUT2D eigenvalue weighted by Gasteiger charge is 2.40. The second kappa shape index (κ2) is 9.77. The van der Waals surface area contributed by atoms with Crippen molar-refractivity contribution in [3.05, 3.63) is 12.3 Å². The van der Waals surface area contributed by atoms with Crippen molar-refractivity contribution in [3.63, 3.8) is 0 Å². The summed E-state index contributed by atoms with van der Waals surface area (Å²) in [6.07, 6.45) is 2.85. The molecule has 0 bridgehead atoms. The maximum atomic E-state index is 12.8. The number of nitrogens with zero attached hydrogens (tertiary/aromatic N) is 2. The molecule has 1 saturated heterocycles. The van der Waals surface area contributed by atoms with E-state index in [4.69, 9.17) is 9.47 Å². The molecule has 0 aromatic heterocycles. The van der Waals surface area contributed by atoms with Crippen LogP contribution >= 0.6 is 0 Å². The summed E-state index contributed by atoms with van der Waals surface area (Å²) in [6.45, 7) is 15.2. The molecule has 0 saturated carbocycles. The summed E-state index contributed by atoms with van der Waals surface area (Å²) in [5, 5.41) is 0. The molecule has 6 heteroatoms. The molecule has 1 aliphatic heterocycles. The van der Waals surface area contributed by atoms with E-state index >= 15 is 0 Å². The summed E-state index contributed by atoms with van der Waals surface area (Å²) < 4.78 is 12.2. The Labute approximate surface area is 171 Å². The van der Waals surface area contributed by atoms with Crippen LogP contribution in [0, 0.1) is 10.8 Å². The molecule has 6 nitrogen and oxygen atoms in total. The topological polar surface area (TPSA) is 55.8 Å². The number of allylic oxidation sites excluding steroid dienone is 1. The summed E-state index contributed by atoms with van der Waals surface area (Å²) in [7, 11) is 6.23. The van der Waals surface area contributed by atoms with Crippen molar-refractivity contribution in [1.29, 1.82) is 0 Å². The number of hydrogen-bond acceptors (Lipinski definition) is 4. The molecule has 28 heavy (non-hydrogen) atoms. The van der Waals surface area contributed by atoms with Gasteiger partial charge in [0.15, 0.2) is 0 Å². The third kappa shape index (κ3) is 7.46. The zero-order valence-electron chi connectivity index (χ0n) is 19.1. The Morgan fingerprint density at radius 2 is 1.82 bits per heavy atom. The monoisotopic (exact) mass is 397 g/mol. The number of esters is 1. The number of carbonyl (C=O) groups is 2. The molecule has 1 atom stereocenters. The zero-order chi connectivity index (χ0) is 21.6. The highest BCUT2D eigenvalue weighted by molar-refractivity contribution is 5.78. The number of hydrogen-bond donors (Lipinski definition) is 0. The van der Waals surface area contributed by atoms with Crippen LogP contribution in [0.15, 0.2) is 12.3 Å². The van der Waals surface area contributed by atoms with Crippen LogP contribution in [-0.4, -0.2) is 75.3 Å². The Bertz CT molecular complexity index is 565. The SMILES string of the molecule is C=C(OCCN1CCCC1=O)C(C)(C)CC(C)(CC)C(=O)OCC[N+](C)(C)C. The van der Waals surface area contributed by atoms with Gasteiger partial charge in [-0.2, -0.15) is 0 Å². The minimum Gasteiger partial charge on any atom is -0.496 e. The number of rotatable bonds is 12. The fraction of sp³-hybridized carbons (Fsp3) is 0.818. The van der Waals surface area contributed by atoms with Crippen LogP contribution in [0.4, 0.5) is 0 Å². The summed E-state index contributed by atoms with van der Waals surface area (Å²) in [5.74, 6) is 0.689. The summed E-state index contributed by atoms with van der Waals surface area (Å²) in [5.41, 5.74) is -0.968. The first-order chi connectivity index (χ1) is 12.8. The van der Waals surface area contributed by atoms with Gasteiger partial charge in [0.05, 0.1) is 38.9 Å². The smallest absolute Gasteiger partial charge is 0.312 e. The van der Waals surface area contributed by atoms with Gasteiger partial charge in [-0.15, -0.1) is 0 Å². The molecule has 1 unspecified atom stereocenters. The molecule has 0 N–H and O–H groups in total. The van der Waals surface area contributed by atoms with Crippen LogP contribution < -0.4 is 0 Å². The average Bonchev–Trinajstić information content (AvgIpc) is 2.98. The lowest BCUT2D eigenvalue weighted by molar-refractivity contribution is -0.870. The van der Waals surface area contributed by atoms with Gasteiger partial charge in [-0.05, 0) is 26.2 Å². The Balaban J connectivity index is 2.57. The van der Waals surface area contributed by atoms with Crippen LogP contribution in [0.5, 0.6) is 0 Å². The van der Waals surface area contributed by atoms with E-state index in [-0.39, 0.29) is 17.3 Å². The number of amides is 1. The van der Waals surface area contributed by atoms with Crippen LogP contribution in [0.1, 0.15) is 53.4 Å². The van der Waals surface area contributed by atoms with Gasteiger partial charge in [0.1, 0.15) is 19.8 Å². The molecule has 0 aromatic rings. The van der Waals surface area contributed by atoms with Crippen molar-refractivity contribution in [2.45, 2.75) is 53.4 Å². The van der Waals surface area contributed by atoms with Crippen molar-refractivity contribution in [3.8, 4) is 0 Å². The standard InChI is InChI=1S/C22H41N2O4/c1-9-22(5,20(26)28-16-14-24(6,7)8)17-21(3,4)18(2)27-15-13-23-12-10-11-19(23)25/h2,9-17H2,1,3-8H3/q+1. The molecule has 0 radical (unpaired) electrons. The molecule has 1 fully saturated rings. The fourth-order valence-electron chi connectivity index (χ4n) is 3.42. The number of likely N-dealkylation sites (tertiary alicyclic amines) is 1. The maximum absolute atomic E-state index is 12.8. The van der Waals surface area contributed by atoms with Gasteiger partial charge in [-0.25, -0.2) is 0 Å². The van der Waals surface area contributed by atoms with Crippen LogP contribution in [0.3, 0.4) is 0 Å². The van der Waals surface area contributed by atoms with Gasteiger partial charge < -0.3 is 18.9 Å². The Morgan fingerprint density at radius 1 is 1.18 bits per heavy atom. The highest BCUT2D eigenvalue weighted by atomic mass is 16.5. The minimum absolute atomic E-state index is 0.160. The van der Waals surface area contributed by atoms with Crippen molar-refractivity contribution >= 4 is 11.9 Å². The predicted molar refractivity (Wildman–Crippen MR) is 112 cm³/mol. The second-order valence-corrected chi connectivity index (χ2v) is 9.88. The van der Waals surface area contributed by atoms with Gasteiger partial charge in [0.2, 0.25) is 5.91 Å². The number of ether oxygens (including phenoxy) is 2. The Morgan fingerprint density at radius 3 is 2.32 bits per heavy atom. The van der Waals surface area contributed by atoms with Crippen molar-refractivity contribution < 1.29 is 23.5 Å². The summed E-state index contributed by atoms with van der Waals surface area (Å²) in [4.78, 5) is 26.3. The lowest BCUT2D eigenvalue weighted by Gasteiger charge is -2.36. The third-order valence-corrected chi connectivity index (χ3v) is 5.66. The number of quaternary nitrogens is 1. The normalized spacial score (nSPS) is 17.4. The summed E-state index contributed by atoms with van der Waals surface area (Å²) in [6, 6.07) is 0. The van der Waals surface area contributed by atoms with Crippen LogP contribution in [0.25, 0.3) is 0 Å². The van der Waals surface area contributed by atoms with Crippen LogP contribution in [0.2, 0.25) is 0 Å². The van der Waals surface area contributed by atoms with E-state index < -0.39 is 5.41 Å². The first kappa shape index (κ1) is 24.5. The molecule has 0 aliphatic carbocycles. The van der Waals surface area contributed by atoms with E-state index in [0.29, 0.717) is 44.8 Å². The van der Waals surface area contributed by atoms with E-state index in [0.717, 1.165) is 24.0 Å². The quantitative estimate of drug-likeness (QED) is 0.288. The molecule has 1 aliphatic rings. The molecule has 0 spiro atoms. The third-order valence-electron chi connectivity index (χ3n) is 5.66. The Hall–Kier alpha value is -1.56. The van der Waals surface area contributed by atoms with Crippen molar-refractivity contribution in [2.24, 2.45) is 10.8 Å². The van der Waals surface area contributed by atoms with Crippen molar-refractivity contribution in [2.75, 3.05) is 54.0 Å². The van der Waals surface area contributed by atoms with E-state index in [1.807, 2.05) is 32.6 Å². The van der Waals surface area contributed by atoms with Gasteiger partial charge in [0.25, 0.3) is 0 Å². The first-order valence-corrected chi connectivity index (χ1v) is 10.4. The second-order valence-electron chi connectivity index (χ2n) is 9.88. The Kier molecular flexibility index (Phi) is 8.54. The largest absolute Gasteiger partial charge is 0.496 e. The first-order valence-electron chi connectivity index (χ1n) is 10.4. The summed E-state index contributed by atoms with van der Waals surface area (Å²) >= 11 is 0. The molecule has 0 aromatic carbocycles. The number of carbonyl (C=O) groups excluding carboxylic acids is 2. The maximum Gasteiger partial charge on any atom is 0.312 e. The lowest BCUT2D eigenvalue weighted by Crippen LogP contribution is -2.40. The lowest BCUT2D eigenvalue weighted by atomic mass is 9.71.